The molecule has 0 N–H and O–H groups in total. The standard InChI is InChI=1S/C22H26N6O2/c1-16-21(26-30-25-16)15-27(2)22(29)17-8-9-20(24-12-17)18-6-5-11-28(13-18)14-19-7-3-4-10-23-19/h3-4,7-10,12,18H,5-6,11,13-15H2,1-2H3/t18-/m0/s1. The maximum Gasteiger partial charge on any atom is 0.255 e. The second kappa shape index (κ2) is 9.13. The van der Waals surface area contributed by atoms with E-state index in [4.69, 9.17) is 4.63 Å². The van der Waals surface area contributed by atoms with Gasteiger partial charge in [-0.3, -0.25) is 19.7 Å². The largest absolute Gasteiger partial charge is 0.336 e. The molecule has 1 fully saturated rings. The van der Waals surface area contributed by atoms with Crippen molar-refractivity contribution in [2.75, 3.05) is 20.1 Å². The number of amides is 1. The zero-order valence-corrected chi connectivity index (χ0v) is 17.4. The Balaban J connectivity index is 1.37. The molecule has 8 nitrogen and oxygen atoms in total. The molecular formula is C22H26N6O2. The monoisotopic (exact) mass is 406 g/mol. The van der Waals surface area contributed by atoms with E-state index in [0.29, 0.717) is 29.4 Å². The minimum Gasteiger partial charge on any atom is -0.336 e. The van der Waals surface area contributed by atoms with Crippen LogP contribution < -0.4 is 0 Å². The number of aryl methyl sites for hydroxylation is 1. The van der Waals surface area contributed by atoms with Crippen molar-refractivity contribution in [2.45, 2.75) is 38.8 Å². The maximum atomic E-state index is 12.7. The number of hydrogen-bond acceptors (Lipinski definition) is 7. The second-order valence-electron chi connectivity index (χ2n) is 7.82. The normalized spacial score (nSPS) is 17.1. The number of likely N-dealkylation sites (tertiary alicyclic amines) is 1. The van der Waals surface area contributed by atoms with Crippen molar-refractivity contribution in [3.05, 3.63) is 71.1 Å². The van der Waals surface area contributed by atoms with Gasteiger partial charge in [0.25, 0.3) is 5.91 Å². The summed E-state index contributed by atoms with van der Waals surface area (Å²) in [4.78, 5) is 25.8. The van der Waals surface area contributed by atoms with Crippen molar-refractivity contribution in [1.82, 2.24) is 30.1 Å². The van der Waals surface area contributed by atoms with Gasteiger partial charge in [0.1, 0.15) is 11.4 Å². The summed E-state index contributed by atoms with van der Waals surface area (Å²) in [6.45, 7) is 5.04. The van der Waals surface area contributed by atoms with Gasteiger partial charge in [0, 0.05) is 44.1 Å². The Bertz CT molecular complexity index is 973. The van der Waals surface area contributed by atoms with Crippen molar-refractivity contribution in [2.24, 2.45) is 0 Å². The third-order valence-corrected chi connectivity index (χ3v) is 5.55. The van der Waals surface area contributed by atoms with Crippen LogP contribution in [0, 0.1) is 6.92 Å². The molecule has 0 aliphatic carbocycles. The topological polar surface area (TPSA) is 88.3 Å². The molecule has 1 aliphatic rings. The molecule has 156 valence electrons. The van der Waals surface area contributed by atoms with Crippen LogP contribution in [0.2, 0.25) is 0 Å². The highest BCUT2D eigenvalue weighted by Crippen LogP contribution is 2.26. The van der Waals surface area contributed by atoms with Crippen molar-refractivity contribution in [1.29, 1.82) is 0 Å². The molecule has 0 saturated carbocycles. The molecule has 0 aromatic carbocycles. The van der Waals surface area contributed by atoms with Crippen LogP contribution in [0.3, 0.4) is 0 Å². The highest BCUT2D eigenvalue weighted by molar-refractivity contribution is 5.93. The molecule has 0 unspecified atom stereocenters. The lowest BCUT2D eigenvalue weighted by Crippen LogP contribution is -2.34. The molecule has 1 atom stereocenters. The Morgan fingerprint density at radius 3 is 2.83 bits per heavy atom. The maximum absolute atomic E-state index is 12.7. The summed E-state index contributed by atoms with van der Waals surface area (Å²) in [6, 6.07) is 9.88. The van der Waals surface area contributed by atoms with Crippen LogP contribution in [-0.4, -0.2) is 56.1 Å². The first-order chi connectivity index (χ1) is 14.6. The van der Waals surface area contributed by atoms with Gasteiger partial charge >= 0.3 is 0 Å². The van der Waals surface area contributed by atoms with E-state index in [9.17, 15) is 4.79 Å². The highest BCUT2D eigenvalue weighted by atomic mass is 16.6. The molecule has 1 amide bonds. The van der Waals surface area contributed by atoms with Gasteiger partial charge in [-0.15, -0.1) is 0 Å². The van der Waals surface area contributed by atoms with E-state index in [2.05, 4.69) is 31.2 Å². The number of hydrogen-bond donors (Lipinski definition) is 0. The molecule has 4 heterocycles. The Labute approximate surface area is 175 Å². The van der Waals surface area contributed by atoms with E-state index in [1.165, 1.54) is 0 Å². The van der Waals surface area contributed by atoms with Gasteiger partial charge in [-0.05, 0) is 50.6 Å². The molecule has 1 aliphatic heterocycles. The fourth-order valence-electron chi connectivity index (χ4n) is 3.84. The molecule has 0 radical (unpaired) electrons. The summed E-state index contributed by atoms with van der Waals surface area (Å²) in [5, 5.41) is 7.59. The van der Waals surface area contributed by atoms with Gasteiger partial charge in [0.05, 0.1) is 17.8 Å². The summed E-state index contributed by atoms with van der Waals surface area (Å²) in [7, 11) is 1.74. The van der Waals surface area contributed by atoms with Gasteiger partial charge in [0.15, 0.2) is 0 Å². The van der Waals surface area contributed by atoms with Crippen LogP contribution in [0.15, 0.2) is 47.4 Å². The number of pyridine rings is 2. The van der Waals surface area contributed by atoms with Gasteiger partial charge < -0.3 is 4.90 Å². The Morgan fingerprint density at radius 2 is 2.13 bits per heavy atom. The summed E-state index contributed by atoms with van der Waals surface area (Å²) in [5.74, 6) is 0.269. The fraction of sp³-hybridized carbons (Fsp3) is 0.409. The predicted molar refractivity (Wildman–Crippen MR) is 111 cm³/mol. The Kier molecular flexibility index (Phi) is 6.13. The minimum atomic E-state index is -0.100. The van der Waals surface area contributed by atoms with Crippen LogP contribution >= 0.6 is 0 Å². The van der Waals surface area contributed by atoms with Crippen molar-refractivity contribution in [3.63, 3.8) is 0 Å². The lowest BCUT2D eigenvalue weighted by molar-refractivity contribution is 0.0781. The van der Waals surface area contributed by atoms with Crippen LogP contribution in [0.5, 0.6) is 0 Å². The first-order valence-corrected chi connectivity index (χ1v) is 10.2. The van der Waals surface area contributed by atoms with E-state index in [-0.39, 0.29) is 5.91 Å². The summed E-state index contributed by atoms with van der Waals surface area (Å²) in [6.07, 6.45) is 5.76. The number of carbonyl (C=O) groups is 1. The van der Waals surface area contributed by atoms with Crippen LogP contribution in [-0.2, 0) is 13.1 Å². The molecule has 30 heavy (non-hydrogen) atoms. The van der Waals surface area contributed by atoms with Crippen LogP contribution in [0.4, 0.5) is 0 Å². The molecule has 0 bridgehead atoms. The number of carbonyl (C=O) groups excluding carboxylic acids is 1. The smallest absolute Gasteiger partial charge is 0.255 e. The molecule has 3 aromatic heterocycles. The molecular weight excluding hydrogens is 380 g/mol. The van der Waals surface area contributed by atoms with Crippen LogP contribution in [0.25, 0.3) is 0 Å². The lowest BCUT2D eigenvalue weighted by Gasteiger charge is -2.32. The zero-order valence-electron chi connectivity index (χ0n) is 17.4. The van der Waals surface area contributed by atoms with Gasteiger partial charge in [-0.1, -0.05) is 16.4 Å². The Morgan fingerprint density at radius 1 is 1.23 bits per heavy atom. The van der Waals surface area contributed by atoms with E-state index in [1.807, 2.05) is 37.4 Å². The highest BCUT2D eigenvalue weighted by Gasteiger charge is 2.23. The van der Waals surface area contributed by atoms with Crippen LogP contribution in [0.1, 0.15) is 51.9 Å². The van der Waals surface area contributed by atoms with Gasteiger partial charge in [0.2, 0.25) is 0 Å². The van der Waals surface area contributed by atoms with E-state index >= 15 is 0 Å². The average molecular weight is 406 g/mol. The zero-order chi connectivity index (χ0) is 20.9. The second-order valence-corrected chi connectivity index (χ2v) is 7.82. The van der Waals surface area contributed by atoms with Crippen molar-refractivity contribution < 1.29 is 9.42 Å². The number of rotatable bonds is 6. The van der Waals surface area contributed by atoms with E-state index in [0.717, 1.165) is 43.9 Å². The predicted octanol–water partition coefficient (Wildman–Crippen LogP) is 2.82. The third-order valence-electron chi connectivity index (χ3n) is 5.55. The molecule has 1 saturated heterocycles. The van der Waals surface area contributed by atoms with Gasteiger partial charge in [-0.2, -0.15) is 0 Å². The summed E-state index contributed by atoms with van der Waals surface area (Å²) < 4.78 is 4.70. The SMILES string of the molecule is Cc1nonc1CN(C)C(=O)c1ccc([C@H]2CCCN(Cc3ccccn3)C2)nc1. The van der Waals surface area contributed by atoms with E-state index < -0.39 is 0 Å². The summed E-state index contributed by atoms with van der Waals surface area (Å²) >= 11 is 0. The molecule has 4 rings (SSSR count). The molecule has 0 spiro atoms. The fourth-order valence-corrected chi connectivity index (χ4v) is 3.84. The first-order valence-electron chi connectivity index (χ1n) is 10.2. The molecule has 8 heteroatoms. The summed E-state index contributed by atoms with van der Waals surface area (Å²) in [5.41, 5.74) is 4.04. The van der Waals surface area contributed by atoms with Crippen molar-refractivity contribution >= 4 is 5.91 Å². The van der Waals surface area contributed by atoms with E-state index in [1.54, 1.807) is 18.1 Å². The number of nitrogens with zero attached hydrogens (tertiary/aromatic N) is 6. The van der Waals surface area contributed by atoms with Crippen molar-refractivity contribution in [3.8, 4) is 0 Å². The number of aromatic nitrogens is 4. The van der Waals surface area contributed by atoms with Gasteiger partial charge in [-0.25, -0.2) is 4.63 Å². The average Bonchev–Trinajstić information content (AvgIpc) is 3.18. The first kappa shape index (κ1) is 20.2. The number of piperidine rings is 1. The minimum absolute atomic E-state index is 0.100. The Hall–Kier alpha value is -3.13. The molecule has 3 aromatic rings. The lowest BCUT2D eigenvalue weighted by atomic mass is 9.94. The quantitative estimate of drug-likeness (QED) is 0.622. The third kappa shape index (κ3) is 4.71.